The van der Waals surface area contributed by atoms with Crippen LogP contribution in [0.5, 0.6) is 0 Å². The third-order valence-electron chi connectivity index (χ3n) is 4.40. The number of carbonyl (C=O) groups excluding carboxylic acids is 2. The van der Waals surface area contributed by atoms with Crippen molar-refractivity contribution in [2.24, 2.45) is 5.92 Å². The normalized spacial score (nSPS) is 22.2. The van der Waals surface area contributed by atoms with Gasteiger partial charge in [-0.2, -0.15) is 0 Å². The van der Waals surface area contributed by atoms with Gasteiger partial charge < -0.3 is 20.3 Å². The second kappa shape index (κ2) is 9.84. The van der Waals surface area contributed by atoms with Crippen LogP contribution in [-0.2, 0) is 9.53 Å². The molecular formula is C17H32N4O3. The van der Waals surface area contributed by atoms with Crippen molar-refractivity contribution in [1.82, 2.24) is 20.4 Å². The Labute approximate surface area is 145 Å². The van der Waals surface area contributed by atoms with Crippen LogP contribution in [0, 0.1) is 5.92 Å². The summed E-state index contributed by atoms with van der Waals surface area (Å²) < 4.78 is 5.72. The van der Waals surface area contributed by atoms with E-state index >= 15 is 0 Å². The average molecular weight is 340 g/mol. The molecule has 0 aromatic rings. The van der Waals surface area contributed by atoms with Crippen LogP contribution < -0.4 is 10.6 Å². The number of morpholine rings is 1. The lowest BCUT2D eigenvalue weighted by Crippen LogP contribution is -2.49. The standard InChI is InChI=1S/C17H32N4O3/c1-14(2)12-20-9-10-24-15(13-20)11-19-17(23)18-6-4-8-21-7-3-5-16(21)22/h14-15H,3-13H2,1-2H3,(H2,18,19,23)/t15-/m1/s1. The fourth-order valence-corrected chi connectivity index (χ4v) is 3.27. The molecule has 0 spiro atoms. The van der Waals surface area contributed by atoms with Gasteiger partial charge >= 0.3 is 6.03 Å². The number of ether oxygens (including phenoxy) is 1. The first-order valence-electron chi connectivity index (χ1n) is 9.18. The van der Waals surface area contributed by atoms with Crippen LogP contribution in [0.4, 0.5) is 4.79 Å². The summed E-state index contributed by atoms with van der Waals surface area (Å²) in [5.74, 6) is 0.877. The summed E-state index contributed by atoms with van der Waals surface area (Å²) >= 11 is 0. The Balaban J connectivity index is 1.53. The highest BCUT2D eigenvalue weighted by molar-refractivity contribution is 5.78. The van der Waals surface area contributed by atoms with Gasteiger partial charge in [-0.25, -0.2) is 4.79 Å². The maximum Gasteiger partial charge on any atom is 0.314 e. The van der Waals surface area contributed by atoms with Crippen molar-refractivity contribution >= 4 is 11.9 Å². The van der Waals surface area contributed by atoms with E-state index < -0.39 is 0 Å². The van der Waals surface area contributed by atoms with E-state index in [1.807, 2.05) is 4.90 Å². The Morgan fingerprint density at radius 1 is 1.33 bits per heavy atom. The number of carbonyl (C=O) groups is 2. The third kappa shape index (κ3) is 6.65. The number of nitrogens with zero attached hydrogens (tertiary/aromatic N) is 2. The molecule has 2 fully saturated rings. The minimum atomic E-state index is -0.160. The van der Waals surface area contributed by atoms with Crippen LogP contribution in [-0.4, -0.2) is 80.3 Å². The highest BCUT2D eigenvalue weighted by atomic mass is 16.5. The number of likely N-dealkylation sites (tertiary alicyclic amines) is 1. The molecule has 0 unspecified atom stereocenters. The SMILES string of the molecule is CC(C)CN1CCO[C@H](CNC(=O)NCCCN2CCCC2=O)C1. The molecule has 3 amide bonds. The van der Waals surface area contributed by atoms with Gasteiger partial charge in [0.1, 0.15) is 0 Å². The van der Waals surface area contributed by atoms with E-state index in [-0.39, 0.29) is 18.0 Å². The van der Waals surface area contributed by atoms with Crippen LogP contribution in [0.2, 0.25) is 0 Å². The molecule has 2 heterocycles. The number of urea groups is 1. The van der Waals surface area contributed by atoms with Gasteiger partial charge in [-0.05, 0) is 18.8 Å². The van der Waals surface area contributed by atoms with Gasteiger partial charge in [-0.3, -0.25) is 9.69 Å². The molecule has 0 bridgehead atoms. The van der Waals surface area contributed by atoms with Crippen molar-refractivity contribution < 1.29 is 14.3 Å². The summed E-state index contributed by atoms with van der Waals surface area (Å²) in [7, 11) is 0. The smallest absolute Gasteiger partial charge is 0.314 e. The Kier molecular flexibility index (Phi) is 7.78. The van der Waals surface area contributed by atoms with Crippen LogP contribution in [0.25, 0.3) is 0 Å². The van der Waals surface area contributed by atoms with E-state index in [0.717, 1.165) is 52.2 Å². The Hall–Kier alpha value is -1.34. The van der Waals surface area contributed by atoms with Gasteiger partial charge in [-0.1, -0.05) is 13.8 Å². The van der Waals surface area contributed by atoms with Gasteiger partial charge in [0.2, 0.25) is 5.91 Å². The van der Waals surface area contributed by atoms with Crippen LogP contribution in [0.15, 0.2) is 0 Å². The molecule has 0 saturated carbocycles. The van der Waals surface area contributed by atoms with Crippen LogP contribution in [0.1, 0.15) is 33.1 Å². The van der Waals surface area contributed by atoms with E-state index in [0.29, 0.717) is 25.4 Å². The van der Waals surface area contributed by atoms with Crippen molar-refractivity contribution in [3.63, 3.8) is 0 Å². The average Bonchev–Trinajstić information content (AvgIpc) is 2.94. The summed E-state index contributed by atoms with van der Waals surface area (Å²) in [6.45, 7) is 10.8. The van der Waals surface area contributed by atoms with Crippen molar-refractivity contribution in [2.45, 2.75) is 39.2 Å². The fraction of sp³-hybridized carbons (Fsp3) is 0.882. The van der Waals surface area contributed by atoms with Gasteiger partial charge in [0.05, 0.1) is 12.7 Å². The number of nitrogens with one attached hydrogen (secondary N) is 2. The van der Waals surface area contributed by atoms with Gasteiger partial charge in [-0.15, -0.1) is 0 Å². The second-order valence-electron chi connectivity index (χ2n) is 7.12. The Morgan fingerprint density at radius 2 is 2.17 bits per heavy atom. The van der Waals surface area contributed by atoms with Gasteiger partial charge in [0.15, 0.2) is 0 Å². The zero-order valence-corrected chi connectivity index (χ0v) is 15.1. The molecular weight excluding hydrogens is 308 g/mol. The molecule has 2 saturated heterocycles. The number of hydrogen-bond donors (Lipinski definition) is 2. The second-order valence-corrected chi connectivity index (χ2v) is 7.12. The predicted molar refractivity (Wildman–Crippen MR) is 92.9 cm³/mol. The summed E-state index contributed by atoms with van der Waals surface area (Å²) in [5, 5.41) is 5.73. The minimum Gasteiger partial charge on any atom is -0.374 e. The predicted octanol–water partition coefficient (Wildman–Crippen LogP) is 0.655. The van der Waals surface area contributed by atoms with Crippen LogP contribution in [0.3, 0.4) is 0 Å². The van der Waals surface area contributed by atoms with E-state index in [9.17, 15) is 9.59 Å². The lowest BCUT2D eigenvalue weighted by molar-refractivity contribution is -0.127. The largest absolute Gasteiger partial charge is 0.374 e. The number of rotatable bonds is 8. The molecule has 2 rings (SSSR count). The molecule has 0 aromatic heterocycles. The highest BCUT2D eigenvalue weighted by Gasteiger charge is 2.21. The quantitative estimate of drug-likeness (QED) is 0.637. The molecule has 0 radical (unpaired) electrons. The molecule has 0 aromatic carbocycles. The van der Waals surface area contributed by atoms with Crippen molar-refractivity contribution in [1.29, 1.82) is 0 Å². The fourth-order valence-electron chi connectivity index (χ4n) is 3.27. The Bertz CT molecular complexity index is 417. The minimum absolute atomic E-state index is 0.0606. The monoisotopic (exact) mass is 340 g/mol. The first-order valence-corrected chi connectivity index (χ1v) is 9.18. The topological polar surface area (TPSA) is 73.9 Å². The third-order valence-corrected chi connectivity index (χ3v) is 4.40. The lowest BCUT2D eigenvalue weighted by atomic mass is 10.2. The molecule has 1 atom stereocenters. The Morgan fingerprint density at radius 3 is 2.88 bits per heavy atom. The molecule has 138 valence electrons. The lowest BCUT2D eigenvalue weighted by Gasteiger charge is -2.33. The maximum atomic E-state index is 11.8. The molecule has 0 aliphatic carbocycles. The zero-order chi connectivity index (χ0) is 17.4. The molecule has 7 heteroatoms. The van der Waals surface area contributed by atoms with Gasteiger partial charge in [0, 0.05) is 52.2 Å². The number of hydrogen-bond acceptors (Lipinski definition) is 4. The maximum absolute atomic E-state index is 11.8. The summed E-state index contributed by atoms with van der Waals surface area (Å²) in [5.41, 5.74) is 0. The summed E-state index contributed by atoms with van der Waals surface area (Å²) in [6.07, 6.45) is 2.48. The van der Waals surface area contributed by atoms with Crippen molar-refractivity contribution in [3.05, 3.63) is 0 Å². The highest BCUT2D eigenvalue weighted by Crippen LogP contribution is 2.09. The first-order chi connectivity index (χ1) is 11.5. The van der Waals surface area contributed by atoms with Gasteiger partial charge in [0.25, 0.3) is 0 Å². The number of amides is 3. The van der Waals surface area contributed by atoms with Crippen molar-refractivity contribution in [3.8, 4) is 0 Å². The first kappa shape index (κ1) is 19.0. The molecule has 7 nitrogen and oxygen atoms in total. The zero-order valence-electron chi connectivity index (χ0n) is 15.1. The summed E-state index contributed by atoms with van der Waals surface area (Å²) in [4.78, 5) is 27.6. The molecule has 2 aliphatic rings. The summed E-state index contributed by atoms with van der Waals surface area (Å²) in [6, 6.07) is -0.160. The molecule has 2 aliphatic heterocycles. The van der Waals surface area contributed by atoms with Crippen molar-refractivity contribution in [2.75, 3.05) is 52.4 Å². The van der Waals surface area contributed by atoms with E-state index in [1.54, 1.807) is 0 Å². The molecule has 24 heavy (non-hydrogen) atoms. The van der Waals surface area contributed by atoms with E-state index in [4.69, 9.17) is 4.74 Å². The van der Waals surface area contributed by atoms with Crippen LogP contribution >= 0.6 is 0 Å². The molecule has 2 N–H and O–H groups in total. The van der Waals surface area contributed by atoms with E-state index in [2.05, 4.69) is 29.4 Å². The van der Waals surface area contributed by atoms with E-state index in [1.165, 1.54) is 0 Å².